The van der Waals surface area contributed by atoms with Gasteiger partial charge in [0.15, 0.2) is 12.3 Å². The topological polar surface area (TPSA) is 81.2 Å². The first-order valence-electron chi connectivity index (χ1n) is 6.65. The van der Waals surface area contributed by atoms with Crippen molar-refractivity contribution < 1.29 is 23.1 Å². The maximum atomic E-state index is 13.6. The molecule has 0 aliphatic heterocycles. The molecule has 1 atom stereocenters. The number of nitrogens with zero attached hydrogens (tertiary/aromatic N) is 2. The Morgan fingerprint density at radius 2 is 2.09 bits per heavy atom. The summed E-state index contributed by atoms with van der Waals surface area (Å²) in [6.45, 7) is 0.973. The molecule has 0 aliphatic rings. The van der Waals surface area contributed by atoms with Gasteiger partial charge in [0.1, 0.15) is 11.6 Å². The Hall–Kier alpha value is -2.90. The molecule has 1 aromatic carbocycles. The molecule has 2 aromatic rings. The highest BCUT2D eigenvalue weighted by Crippen LogP contribution is 2.17. The summed E-state index contributed by atoms with van der Waals surface area (Å²) in [5.41, 5.74) is 0.0953. The van der Waals surface area contributed by atoms with Crippen molar-refractivity contribution in [3.8, 4) is 0 Å². The fourth-order valence-corrected chi connectivity index (χ4v) is 1.82. The summed E-state index contributed by atoms with van der Waals surface area (Å²) < 4.78 is 31.2. The van der Waals surface area contributed by atoms with E-state index in [2.05, 4.69) is 15.3 Å². The first-order valence-corrected chi connectivity index (χ1v) is 6.65. The van der Waals surface area contributed by atoms with Gasteiger partial charge in [-0.2, -0.15) is 0 Å². The van der Waals surface area contributed by atoms with E-state index in [0.29, 0.717) is 0 Å². The second-order valence-corrected chi connectivity index (χ2v) is 4.62. The summed E-state index contributed by atoms with van der Waals surface area (Å²) in [7, 11) is 0. The van der Waals surface area contributed by atoms with Crippen LogP contribution in [-0.2, 0) is 9.53 Å². The fourth-order valence-electron chi connectivity index (χ4n) is 1.82. The molecular weight excluding hydrogens is 308 g/mol. The third-order valence-corrected chi connectivity index (χ3v) is 2.91. The Balaban J connectivity index is 1.88. The summed E-state index contributed by atoms with van der Waals surface area (Å²) in [5.74, 6) is -2.90. The lowest BCUT2D eigenvalue weighted by Gasteiger charge is -2.15. The Kier molecular flexibility index (Phi) is 5.29. The standard InChI is InChI=1S/C15H13F2N3O3/c1-9(11-3-2-10(16)6-12(11)17)20-14(21)8-23-15(22)13-7-18-4-5-19-13/h2-7,9H,8H2,1H3,(H,20,21)/t9-/m0/s1. The van der Waals surface area contributed by atoms with E-state index in [0.717, 1.165) is 12.1 Å². The molecule has 23 heavy (non-hydrogen) atoms. The second-order valence-electron chi connectivity index (χ2n) is 4.62. The minimum absolute atomic E-state index is 0.0297. The van der Waals surface area contributed by atoms with Crippen molar-refractivity contribution in [2.45, 2.75) is 13.0 Å². The van der Waals surface area contributed by atoms with Crippen LogP contribution in [0.15, 0.2) is 36.8 Å². The predicted molar refractivity (Wildman–Crippen MR) is 75.2 cm³/mol. The van der Waals surface area contributed by atoms with Crippen LogP contribution in [0.1, 0.15) is 29.0 Å². The van der Waals surface area contributed by atoms with Gasteiger partial charge in [0, 0.05) is 24.0 Å². The van der Waals surface area contributed by atoms with Gasteiger partial charge < -0.3 is 10.1 Å². The number of esters is 1. The minimum atomic E-state index is -0.797. The summed E-state index contributed by atoms with van der Waals surface area (Å²) in [5, 5.41) is 2.45. The number of carbonyl (C=O) groups excluding carboxylic acids is 2. The lowest BCUT2D eigenvalue weighted by atomic mass is 10.1. The van der Waals surface area contributed by atoms with Crippen molar-refractivity contribution in [1.82, 2.24) is 15.3 Å². The molecule has 8 heteroatoms. The van der Waals surface area contributed by atoms with Crippen LogP contribution in [0.5, 0.6) is 0 Å². The van der Waals surface area contributed by atoms with Crippen molar-refractivity contribution in [2.24, 2.45) is 0 Å². The van der Waals surface area contributed by atoms with Crippen molar-refractivity contribution in [3.05, 3.63) is 59.7 Å². The van der Waals surface area contributed by atoms with E-state index in [9.17, 15) is 18.4 Å². The molecule has 1 N–H and O–H groups in total. The number of aromatic nitrogens is 2. The van der Waals surface area contributed by atoms with E-state index in [1.807, 2.05) is 0 Å². The number of hydrogen-bond acceptors (Lipinski definition) is 5. The highest BCUT2D eigenvalue weighted by atomic mass is 19.1. The maximum Gasteiger partial charge on any atom is 0.359 e. The maximum absolute atomic E-state index is 13.6. The highest BCUT2D eigenvalue weighted by Gasteiger charge is 2.16. The predicted octanol–water partition coefficient (Wildman–Crippen LogP) is 1.79. The van der Waals surface area contributed by atoms with Crippen molar-refractivity contribution in [2.75, 3.05) is 6.61 Å². The molecular formula is C15H13F2N3O3. The smallest absolute Gasteiger partial charge is 0.359 e. The molecule has 2 rings (SSSR count). The normalized spacial score (nSPS) is 11.6. The lowest BCUT2D eigenvalue weighted by Crippen LogP contribution is -2.31. The summed E-state index contributed by atoms with van der Waals surface area (Å²) >= 11 is 0. The molecule has 0 fully saturated rings. The van der Waals surface area contributed by atoms with Crippen molar-refractivity contribution >= 4 is 11.9 Å². The summed E-state index contributed by atoms with van der Waals surface area (Å²) in [6.07, 6.45) is 3.91. The third kappa shape index (κ3) is 4.53. The molecule has 0 saturated carbocycles. The van der Waals surface area contributed by atoms with E-state index in [-0.39, 0.29) is 11.3 Å². The number of benzene rings is 1. The van der Waals surface area contributed by atoms with E-state index < -0.39 is 36.2 Å². The van der Waals surface area contributed by atoms with Crippen LogP contribution >= 0.6 is 0 Å². The number of ether oxygens (including phenoxy) is 1. The van der Waals surface area contributed by atoms with Crippen LogP contribution in [0, 0.1) is 11.6 Å². The van der Waals surface area contributed by atoms with E-state index >= 15 is 0 Å². The van der Waals surface area contributed by atoms with E-state index in [1.165, 1.54) is 31.6 Å². The second kappa shape index (κ2) is 7.39. The zero-order valence-corrected chi connectivity index (χ0v) is 12.1. The Morgan fingerprint density at radius 1 is 1.30 bits per heavy atom. The Labute approximate surface area is 130 Å². The third-order valence-electron chi connectivity index (χ3n) is 2.91. The van der Waals surface area contributed by atoms with Crippen molar-refractivity contribution in [1.29, 1.82) is 0 Å². The van der Waals surface area contributed by atoms with Crippen LogP contribution in [-0.4, -0.2) is 28.5 Å². The van der Waals surface area contributed by atoms with Gasteiger partial charge in [0.25, 0.3) is 5.91 Å². The number of halogens is 2. The Morgan fingerprint density at radius 3 is 2.74 bits per heavy atom. The molecule has 1 amide bonds. The number of carbonyl (C=O) groups is 2. The summed E-state index contributed by atoms with van der Waals surface area (Å²) in [4.78, 5) is 30.7. The van der Waals surface area contributed by atoms with E-state index in [1.54, 1.807) is 0 Å². The molecule has 6 nitrogen and oxygen atoms in total. The molecule has 0 aliphatic carbocycles. The van der Waals surface area contributed by atoms with Crippen LogP contribution in [0.25, 0.3) is 0 Å². The molecule has 0 spiro atoms. The SMILES string of the molecule is C[C@H](NC(=O)COC(=O)c1cnccn1)c1ccc(F)cc1F. The fraction of sp³-hybridized carbons (Fsp3) is 0.200. The molecule has 1 heterocycles. The zero-order valence-electron chi connectivity index (χ0n) is 12.1. The Bertz CT molecular complexity index is 710. The van der Waals surface area contributed by atoms with Gasteiger partial charge in [-0.1, -0.05) is 6.07 Å². The molecule has 0 bridgehead atoms. The van der Waals surface area contributed by atoms with E-state index in [4.69, 9.17) is 4.74 Å². The van der Waals surface area contributed by atoms with Gasteiger partial charge in [-0.05, 0) is 13.0 Å². The average Bonchev–Trinajstić information content (AvgIpc) is 2.53. The van der Waals surface area contributed by atoms with Crippen LogP contribution in [0.3, 0.4) is 0 Å². The largest absolute Gasteiger partial charge is 0.451 e. The number of amides is 1. The van der Waals surface area contributed by atoms with Crippen LogP contribution in [0.4, 0.5) is 8.78 Å². The van der Waals surface area contributed by atoms with Crippen LogP contribution < -0.4 is 5.32 Å². The van der Waals surface area contributed by atoms with Gasteiger partial charge in [0.05, 0.1) is 12.2 Å². The van der Waals surface area contributed by atoms with Gasteiger partial charge in [0.2, 0.25) is 0 Å². The van der Waals surface area contributed by atoms with Gasteiger partial charge in [-0.25, -0.2) is 18.6 Å². The average molecular weight is 321 g/mol. The number of rotatable bonds is 5. The molecule has 0 unspecified atom stereocenters. The summed E-state index contributed by atoms with van der Waals surface area (Å²) in [6, 6.07) is 2.35. The number of hydrogen-bond donors (Lipinski definition) is 1. The quantitative estimate of drug-likeness (QED) is 0.849. The van der Waals surface area contributed by atoms with Crippen LogP contribution in [0.2, 0.25) is 0 Å². The molecule has 0 radical (unpaired) electrons. The van der Waals surface area contributed by atoms with Gasteiger partial charge in [-0.15, -0.1) is 0 Å². The zero-order chi connectivity index (χ0) is 16.8. The number of nitrogens with one attached hydrogen (secondary N) is 1. The van der Waals surface area contributed by atoms with Gasteiger partial charge in [-0.3, -0.25) is 9.78 Å². The molecule has 0 saturated heterocycles. The molecule has 1 aromatic heterocycles. The molecule has 120 valence electrons. The van der Waals surface area contributed by atoms with Crippen molar-refractivity contribution in [3.63, 3.8) is 0 Å². The van der Waals surface area contributed by atoms with Gasteiger partial charge >= 0.3 is 5.97 Å². The highest BCUT2D eigenvalue weighted by molar-refractivity contribution is 5.89. The lowest BCUT2D eigenvalue weighted by molar-refractivity contribution is -0.124. The minimum Gasteiger partial charge on any atom is -0.451 e. The first-order chi connectivity index (χ1) is 11.0. The monoisotopic (exact) mass is 321 g/mol. The first kappa shape index (κ1) is 16.5.